The molecule has 3 N–H and O–H groups in total. The van der Waals surface area contributed by atoms with Crippen molar-refractivity contribution in [3.8, 4) is 0 Å². The van der Waals surface area contributed by atoms with Crippen molar-refractivity contribution in [2.24, 2.45) is 0 Å². The Balaban J connectivity index is 1.02. The Bertz CT molecular complexity index is 1620. The Morgan fingerprint density at radius 1 is 0.917 bits per heavy atom. The van der Waals surface area contributed by atoms with E-state index in [4.69, 9.17) is 4.74 Å². The van der Waals surface area contributed by atoms with Crippen LogP contribution in [0.4, 0.5) is 15.3 Å². The predicted molar refractivity (Wildman–Crippen MR) is 184 cm³/mol. The number of carbonyl (C=O) groups excluding carboxylic acids is 3. The number of benzene rings is 2. The van der Waals surface area contributed by atoms with Crippen LogP contribution in [0.5, 0.6) is 0 Å². The number of para-hydroxylation sites is 1. The lowest BCUT2D eigenvalue weighted by atomic mass is 9.92. The summed E-state index contributed by atoms with van der Waals surface area (Å²) in [5, 5.41) is 6.50. The number of nitrogens with one attached hydrogen (secondary N) is 3. The van der Waals surface area contributed by atoms with Crippen molar-refractivity contribution in [1.29, 1.82) is 0 Å². The van der Waals surface area contributed by atoms with Gasteiger partial charge in [-0.3, -0.25) is 9.69 Å². The van der Waals surface area contributed by atoms with E-state index in [0.717, 1.165) is 78.9 Å². The van der Waals surface area contributed by atoms with Crippen molar-refractivity contribution in [2.75, 3.05) is 64.2 Å². The van der Waals surface area contributed by atoms with Gasteiger partial charge in [-0.05, 0) is 80.9 Å². The first-order chi connectivity index (χ1) is 23.4. The average Bonchev–Trinajstić information content (AvgIpc) is 3.54. The molecule has 1 aromatic heterocycles. The molecule has 48 heavy (non-hydrogen) atoms. The van der Waals surface area contributed by atoms with Crippen LogP contribution in [0, 0.1) is 6.92 Å². The zero-order valence-electron chi connectivity index (χ0n) is 28.1. The summed E-state index contributed by atoms with van der Waals surface area (Å²) in [6, 6.07) is 12.5. The van der Waals surface area contributed by atoms with E-state index in [-0.39, 0.29) is 23.9 Å². The summed E-state index contributed by atoms with van der Waals surface area (Å²) >= 11 is 0. The fraction of sp³-hybridized carbons (Fsp3) is 0.556. The quantitative estimate of drug-likeness (QED) is 0.367. The van der Waals surface area contributed by atoms with E-state index >= 15 is 0 Å². The average molecular weight is 657 g/mol. The number of urea groups is 1. The zero-order valence-corrected chi connectivity index (χ0v) is 28.1. The van der Waals surface area contributed by atoms with Crippen molar-refractivity contribution in [2.45, 2.75) is 70.1 Å². The number of amides is 4. The van der Waals surface area contributed by atoms with Gasteiger partial charge >= 0.3 is 12.1 Å². The number of piperidine rings is 2. The first-order valence-electron chi connectivity index (χ1n) is 17.6. The van der Waals surface area contributed by atoms with E-state index in [1.54, 1.807) is 11.2 Å². The van der Waals surface area contributed by atoms with E-state index in [2.05, 4.69) is 31.6 Å². The van der Waals surface area contributed by atoms with Crippen LogP contribution in [0.15, 0.2) is 42.7 Å². The van der Waals surface area contributed by atoms with Crippen molar-refractivity contribution in [3.63, 3.8) is 0 Å². The maximum atomic E-state index is 14.3. The highest BCUT2D eigenvalue weighted by Crippen LogP contribution is 2.30. The van der Waals surface area contributed by atoms with Gasteiger partial charge in [-0.15, -0.1) is 0 Å². The number of rotatable bonds is 6. The van der Waals surface area contributed by atoms with Crippen LogP contribution in [0.1, 0.15) is 55.2 Å². The van der Waals surface area contributed by atoms with Crippen LogP contribution >= 0.6 is 0 Å². The van der Waals surface area contributed by atoms with Crippen molar-refractivity contribution in [1.82, 2.24) is 34.9 Å². The molecule has 3 fully saturated rings. The molecule has 2 atom stereocenters. The van der Waals surface area contributed by atoms with E-state index in [1.807, 2.05) is 54.0 Å². The summed E-state index contributed by atoms with van der Waals surface area (Å²) < 4.78 is 6.22. The summed E-state index contributed by atoms with van der Waals surface area (Å²) in [6.45, 7) is 10.5. The summed E-state index contributed by atoms with van der Waals surface area (Å²) in [7, 11) is 0. The van der Waals surface area contributed by atoms with Gasteiger partial charge in [0.05, 0.1) is 17.4 Å². The third kappa shape index (κ3) is 6.73. The van der Waals surface area contributed by atoms with Gasteiger partial charge in [-0.25, -0.2) is 14.6 Å². The molecule has 1 unspecified atom stereocenters. The number of carbonyl (C=O) groups is 3. The lowest BCUT2D eigenvalue weighted by molar-refractivity contribution is -0.144. The van der Waals surface area contributed by atoms with Crippen molar-refractivity contribution in [3.05, 3.63) is 59.4 Å². The number of imidazole rings is 1. The number of likely N-dealkylation sites (tertiary alicyclic amines) is 1. The molecule has 3 aromatic rings. The molecule has 256 valence electrons. The lowest BCUT2D eigenvalue weighted by Crippen LogP contribution is -2.56. The minimum absolute atomic E-state index is 0.0278. The molecular weight excluding hydrogens is 608 g/mol. The van der Waals surface area contributed by atoms with E-state index < -0.39 is 12.2 Å². The molecule has 0 aliphatic carbocycles. The van der Waals surface area contributed by atoms with Gasteiger partial charge in [-0.1, -0.05) is 31.2 Å². The SMILES string of the molecule is Cc1cc([C@@H](C)C(OC(=O)N2CCC(N3CCc4ccccc4NC3=O)CC2)C(=O)N2CCN(C3CCNCC3)CC2)cc2[nH]cnc12. The Morgan fingerprint density at radius 2 is 1.67 bits per heavy atom. The minimum Gasteiger partial charge on any atom is -0.435 e. The summed E-state index contributed by atoms with van der Waals surface area (Å²) in [4.78, 5) is 56.8. The molecule has 0 spiro atoms. The normalized spacial score (nSPS) is 21.4. The number of aromatic nitrogens is 2. The van der Waals surface area contributed by atoms with Gasteiger partial charge in [0, 0.05) is 69.5 Å². The molecule has 12 nitrogen and oxygen atoms in total. The zero-order chi connectivity index (χ0) is 33.2. The number of aryl methyl sites for hydroxylation is 1. The fourth-order valence-electron chi connectivity index (χ4n) is 8.00. The van der Waals surface area contributed by atoms with Crippen LogP contribution in [0.2, 0.25) is 0 Å². The number of ether oxygens (including phenoxy) is 1. The Morgan fingerprint density at radius 3 is 2.44 bits per heavy atom. The fourth-order valence-corrected chi connectivity index (χ4v) is 8.00. The smallest absolute Gasteiger partial charge is 0.410 e. The first-order valence-corrected chi connectivity index (χ1v) is 17.6. The van der Waals surface area contributed by atoms with Gasteiger partial charge in [-0.2, -0.15) is 0 Å². The number of hydrogen-bond donors (Lipinski definition) is 3. The molecule has 4 amide bonds. The van der Waals surface area contributed by atoms with E-state index in [0.29, 0.717) is 51.6 Å². The lowest BCUT2D eigenvalue weighted by Gasteiger charge is -2.42. The molecule has 2 aromatic carbocycles. The number of H-pyrrole nitrogens is 1. The summed E-state index contributed by atoms with van der Waals surface area (Å²) in [5.74, 6) is -0.505. The largest absolute Gasteiger partial charge is 0.435 e. The topological polar surface area (TPSA) is 126 Å². The number of aromatic amines is 1. The van der Waals surface area contributed by atoms with Crippen LogP contribution < -0.4 is 10.6 Å². The Hall–Kier alpha value is -4.16. The predicted octanol–water partition coefficient (Wildman–Crippen LogP) is 3.93. The number of piperazine rings is 1. The first kappa shape index (κ1) is 32.4. The third-order valence-corrected chi connectivity index (χ3v) is 10.9. The molecule has 0 bridgehead atoms. The molecule has 3 saturated heterocycles. The third-order valence-electron chi connectivity index (χ3n) is 10.9. The van der Waals surface area contributed by atoms with Crippen LogP contribution in [-0.4, -0.2) is 125 Å². The summed E-state index contributed by atoms with van der Waals surface area (Å²) in [5.41, 5.74) is 5.72. The van der Waals surface area contributed by atoms with Crippen LogP contribution in [0.25, 0.3) is 11.0 Å². The maximum Gasteiger partial charge on any atom is 0.410 e. The molecular formula is C36H48N8O4. The molecule has 0 radical (unpaired) electrons. The second-order valence-corrected chi connectivity index (χ2v) is 13.8. The summed E-state index contributed by atoms with van der Waals surface area (Å²) in [6.07, 6.45) is 4.60. The molecule has 0 saturated carbocycles. The van der Waals surface area contributed by atoms with Gasteiger partial charge in [0.15, 0.2) is 6.10 Å². The standard InChI is InChI=1S/C36H48N8O4/c1-24-21-27(22-31-32(24)39-23-38-31)25(2)33(34(45)42-19-17-41(18-20-42)28-7-12-37-13-8-28)48-36(47)43-14-10-29(11-15-43)44-16-9-26-5-3-4-6-30(26)40-35(44)46/h3-6,21-23,25,28-29,33,37H,7-20H2,1-2H3,(H,38,39)(H,40,46)/t25-,33?/m1/s1. The van der Waals surface area contributed by atoms with Crippen LogP contribution in [0.3, 0.4) is 0 Å². The van der Waals surface area contributed by atoms with Gasteiger partial charge in [0.2, 0.25) is 0 Å². The second kappa shape index (κ2) is 14.1. The highest BCUT2D eigenvalue weighted by atomic mass is 16.6. The van der Waals surface area contributed by atoms with Gasteiger partial charge in [0.25, 0.3) is 5.91 Å². The van der Waals surface area contributed by atoms with Gasteiger partial charge in [0.1, 0.15) is 0 Å². The molecule has 7 rings (SSSR count). The minimum atomic E-state index is -0.963. The highest BCUT2D eigenvalue weighted by Gasteiger charge is 2.39. The molecule has 4 aliphatic rings. The molecule has 4 aliphatic heterocycles. The second-order valence-electron chi connectivity index (χ2n) is 13.8. The number of hydrogen-bond acceptors (Lipinski definition) is 7. The number of fused-ring (bicyclic) bond motifs is 2. The number of anilines is 1. The van der Waals surface area contributed by atoms with Crippen LogP contribution in [-0.2, 0) is 16.0 Å². The van der Waals surface area contributed by atoms with Crippen molar-refractivity contribution < 1.29 is 19.1 Å². The highest BCUT2D eigenvalue weighted by molar-refractivity contribution is 5.91. The van der Waals surface area contributed by atoms with E-state index in [1.165, 1.54) is 0 Å². The Labute approximate surface area is 282 Å². The van der Waals surface area contributed by atoms with E-state index in [9.17, 15) is 14.4 Å². The molecule has 5 heterocycles. The number of nitrogens with zero attached hydrogens (tertiary/aromatic N) is 5. The van der Waals surface area contributed by atoms with Gasteiger partial charge < -0.3 is 35.1 Å². The maximum absolute atomic E-state index is 14.3. The monoisotopic (exact) mass is 656 g/mol. The Kier molecular flexibility index (Phi) is 9.54. The van der Waals surface area contributed by atoms with Crippen molar-refractivity contribution >= 4 is 34.8 Å². The molecule has 12 heteroatoms.